The molecule has 2 aromatic rings. The van der Waals surface area contributed by atoms with Crippen LogP contribution in [0, 0.1) is 0 Å². The van der Waals surface area contributed by atoms with Crippen LogP contribution in [-0.4, -0.2) is 23.6 Å². The minimum absolute atomic E-state index is 0.552. The lowest BCUT2D eigenvalue weighted by molar-refractivity contribution is 0.410. The predicted molar refractivity (Wildman–Crippen MR) is 75.1 cm³/mol. The van der Waals surface area contributed by atoms with Crippen molar-refractivity contribution in [1.29, 1.82) is 0 Å². The van der Waals surface area contributed by atoms with Crippen LogP contribution in [0.25, 0.3) is 0 Å². The first-order valence-electron chi connectivity index (χ1n) is 6.21. The van der Waals surface area contributed by atoms with Gasteiger partial charge in [0.1, 0.15) is 17.4 Å². The Bertz CT molecular complexity index is 530. The first-order valence-corrected chi connectivity index (χ1v) is 6.21. The molecule has 1 aromatic heterocycles. The summed E-state index contributed by atoms with van der Waals surface area (Å²) in [5, 5.41) is 3.26. The van der Waals surface area contributed by atoms with Crippen molar-refractivity contribution in [3.63, 3.8) is 0 Å². The van der Waals surface area contributed by atoms with E-state index in [1.54, 1.807) is 13.3 Å². The molecule has 19 heavy (non-hydrogen) atoms. The Morgan fingerprint density at radius 2 is 2.11 bits per heavy atom. The van der Waals surface area contributed by atoms with Crippen molar-refractivity contribution < 1.29 is 4.74 Å². The lowest BCUT2D eigenvalue weighted by atomic mass is 10.2. The van der Waals surface area contributed by atoms with E-state index < -0.39 is 0 Å². The van der Waals surface area contributed by atoms with Crippen LogP contribution in [-0.2, 0) is 13.0 Å². The molecule has 0 aliphatic rings. The molecule has 5 nitrogen and oxygen atoms in total. The van der Waals surface area contributed by atoms with Crippen LogP contribution in [0.1, 0.15) is 11.4 Å². The van der Waals surface area contributed by atoms with Crippen molar-refractivity contribution in [2.45, 2.75) is 13.0 Å². The van der Waals surface area contributed by atoms with Gasteiger partial charge in [-0.2, -0.15) is 0 Å². The van der Waals surface area contributed by atoms with Crippen LogP contribution < -0.4 is 15.8 Å². The predicted octanol–water partition coefficient (Wildman–Crippen LogP) is 1.60. The molecule has 0 saturated carbocycles. The minimum Gasteiger partial charge on any atom is -0.496 e. The summed E-state index contributed by atoms with van der Waals surface area (Å²) in [6.07, 6.45) is 2.42. The molecule has 1 heterocycles. The molecule has 5 heteroatoms. The zero-order valence-corrected chi connectivity index (χ0v) is 11.0. The Balaban J connectivity index is 2.03. The monoisotopic (exact) mass is 258 g/mol. The zero-order chi connectivity index (χ0) is 13.5. The van der Waals surface area contributed by atoms with Gasteiger partial charge in [-0.1, -0.05) is 18.2 Å². The number of hydrogen-bond acceptors (Lipinski definition) is 5. The first-order chi connectivity index (χ1) is 9.33. The Hall–Kier alpha value is -2.14. The quantitative estimate of drug-likeness (QED) is 0.823. The van der Waals surface area contributed by atoms with Crippen molar-refractivity contribution >= 4 is 5.82 Å². The van der Waals surface area contributed by atoms with E-state index in [0.717, 1.165) is 23.0 Å². The topological polar surface area (TPSA) is 73.1 Å². The fourth-order valence-corrected chi connectivity index (χ4v) is 1.78. The summed E-state index contributed by atoms with van der Waals surface area (Å²) in [6.45, 7) is 1.21. The molecule has 0 radical (unpaired) electrons. The van der Waals surface area contributed by atoms with E-state index in [1.807, 2.05) is 30.3 Å². The van der Waals surface area contributed by atoms with E-state index in [0.29, 0.717) is 19.5 Å². The molecule has 1 aromatic carbocycles. The highest BCUT2D eigenvalue weighted by molar-refractivity contribution is 5.39. The molecule has 0 unspecified atom stereocenters. The van der Waals surface area contributed by atoms with Gasteiger partial charge in [-0.3, -0.25) is 0 Å². The van der Waals surface area contributed by atoms with Gasteiger partial charge in [-0.05, 0) is 18.7 Å². The molecular formula is C14H18N4O. The van der Waals surface area contributed by atoms with Crippen LogP contribution in [0.2, 0.25) is 0 Å². The second kappa shape index (κ2) is 6.70. The van der Waals surface area contributed by atoms with Crippen molar-refractivity contribution in [3.05, 3.63) is 47.9 Å². The number of anilines is 1. The summed E-state index contributed by atoms with van der Waals surface area (Å²) >= 11 is 0. The number of methoxy groups -OCH3 is 1. The average molecular weight is 258 g/mol. The standard InChI is InChI=1S/C14H18N4O/c1-19-12-5-3-2-4-11(12)10-17-14-7-9-16-13(18-14)6-8-15/h2-5,7,9H,6,8,10,15H2,1H3,(H,16,17,18). The Kier molecular flexibility index (Phi) is 4.69. The summed E-state index contributed by atoms with van der Waals surface area (Å²) in [7, 11) is 1.67. The molecule has 0 aliphatic carbocycles. The van der Waals surface area contributed by atoms with Gasteiger partial charge in [0.25, 0.3) is 0 Å². The number of hydrogen-bond donors (Lipinski definition) is 2. The first kappa shape index (κ1) is 13.3. The molecule has 100 valence electrons. The highest BCUT2D eigenvalue weighted by atomic mass is 16.5. The van der Waals surface area contributed by atoms with Gasteiger partial charge in [0.2, 0.25) is 0 Å². The highest BCUT2D eigenvalue weighted by Gasteiger charge is 2.02. The smallest absolute Gasteiger partial charge is 0.131 e. The molecule has 0 aliphatic heterocycles. The molecule has 0 fully saturated rings. The number of nitrogens with one attached hydrogen (secondary N) is 1. The minimum atomic E-state index is 0.552. The summed E-state index contributed by atoms with van der Waals surface area (Å²) in [5.74, 6) is 2.42. The van der Waals surface area contributed by atoms with Gasteiger partial charge >= 0.3 is 0 Å². The fourth-order valence-electron chi connectivity index (χ4n) is 1.78. The summed E-state index contributed by atoms with van der Waals surface area (Å²) in [5.41, 5.74) is 6.58. The van der Waals surface area contributed by atoms with Crippen LogP contribution in [0.15, 0.2) is 36.5 Å². The maximum atomic E-state index is 5.50. The highest BCUT2D eigenvalue weighted by Crippen LogP contribution is 2.18. The summed E-state index contributed by atoms with van der Waals surface area (Å²) in [4.78, 5) is 8.55. The normalized spacial score (nSPS) is 10.2. The van der Waals surface area contributed by atoms with Gasteiger partial charge in [0, 0.05) is 24.7 Å². The number of nitrogens with zero attached hydrogens (tertiary/aromatic N) is 2. The lowest BCUT2D eigenvalue weighted by Crippen LogP contribution is -2.09. The van der Waals surface area contributed by atoms with Crippen LogP contribution in [0.5, 0.6) is 5.75 Å². The van der Waals surface area contributed by atoms with Gasteiger partial charge < -0.3 is 15.8 Å². The molecule has 0 spiro atoms. The largest absolute Gasteiger partial charge is 0.496 e. The number of nitrogens with two attached hydrogens (primary N) is 1. The van der Waals surface area contributed by atoms with E-state index in [1.165, 1.54) is 0 Å². The molecule has 0 atom stereocenters. The number of rotatable bonds is 6. The number of benzene rings is 1. The van der Waals surface area contributed by atoms with Crippen molar-refractivity contribution in [2.24, 2.45) is 5.73 Å². The van der Waals surface area contributed by atoms with E-state index in [2.05, 4.69) is 15.3 Å². The molecule has 2 rings (SSSR count). The maximum Gasteiger partial charge on any atom is 0.131 e. The van der Waals surface area contributed by atoms with Crippen molar-refractivity contribution in [1.82, 2.24) is 9.97 Å². The van der Waals surface area contributed by atoms with Gasteiger partial charge in [-0.25, -0.2) is 9.97 Å². The third-order valence-electron chi connectivity index (χ3n) is 2.73. The molecular weight excluding hydrogens is 240 g/mol. The molecule has 0 bridgehead atoms. The van der Waals surface area contributed by atoms with Crippen LogP contribution in [0.3, 0.4) is 0 Å². The van der Waals surface area contributed by atoms with Crippen molar-refractivity contribution in [2.75, 3.05) is 19.0 Å². The Morgan fingerprint density at radius 3 is 2.89 bits per heavy atom. The summed E-state index contributed by atoms with van der Waals surface area (Å²) < 4.78 is 5.31. The fraction of sp³-hybridized carbons (Fsp3) is 0.286. The second-order valence-electron chi connectivity index (χ2n) is 4.06. The van der Waals surface area contributed by atoms with Gasteiger partial charge in [0.05, 0.1) is 7.11 Å². The van der Waals surface area contributed by atoms with E-state index in [-0.39, 0.29) is 0 Å². The molecule has 3 N–H and O–H groups in total. The zero-order valence-electron chi connectivity index (χ0n) is 11.0. The number of ether oxygens (including phenoxy) is 1. The second-order valence-corrected chi connectivity index (χ2v) is 4.06. The lowest BCUT2D eigenvalue weighted by Gasteiger charge is -2.10. The average Bonchev–Trinajstić information content (AvgIpc) is 2.46. The Labute approximate surface area is 112 Å². The number of aromatic nitrogens is 2. The molecule has 0 amide bonds. The van der Waals surface area contributed by atoms with Gasteiger partial charge in [0.15, 0.2) is 0 Å². The maximum absolute atomic E-state index is 5.50. The van der Waals surface area contributed by atoms with Crippen LogP contribution in [0.4, 0.5) is 5.82 Å². The van der Waals surface area contributed by atoms with E-state index >= 15 is 0 Å². The Morgan fingerprint density at radius 1 is 1.26 bits per heavy atom. The SMILES string of the molecule is COc1ccccc1CNc1ccnc(CCN)n1. The van der Waals surface area contributed by atoms with E-state index in [4.69, 9.17) is 10.5 Å². The number of para-hydroxylation sites is 1. The third-order valence-corrected chi connectivity index (χ3v) is 2.73. The molecule has 0 saturated heterocycles. The van der Waals surface area contributed by atoms with Gasteiger partial charge in [-0.15, -0.1) is 0 Å². The third kappa shape index (κ3) is 3.66. The van der Waals surface area contributed by atoms with Crippen molar-refractivity contribution in [3.8, 4) is 5.75 Å². The van der Waals surface area contributed by atoms with E-state index in [9.17, 15) is 0 Å². The summed E-state index contributed by atoms with van der Waals surface area (Å²) in [6, 6.07) is 9.74. The van der Waals surface area contributed by atoms with Crippen LogP contribution >= 0.6 is 0 Å².